The molecule has 0 N–H and O–H groups in total. The second kappa shape index (κ2) is 7.19. The van der Waals surface area contributed by atoms with E-state index in [0.29, 0.717) is 18.6 Å². The largest absolute Gasteiger partial charge is 0.493 e. The molecule has 0 atom stereocenters. The highest BCUT2D eigenvalue weighted by atomic mass is 16.6. The maximum atomic E-state index is 10.9. The van der Waals surface area contributed by atoms with Crippen LogP contribution in [0.5, 0.6) is 5.75 Å². The lowest BCUT2D eigenvalue weighted by molar-refractivity contribution is -0.384. The lowest BCUT2D eigenvalue weighted by atomic mass is 10.0. The van der Waals surface area contributed by atoms with Crippen molar-refractivity contribution in [2.75, 3.05) is 6.61 Å². The monoisotopic (exact) mass is 285 g/mol. The Labute approximate surface area is 122 Å². The van der Waals surface area contributed by atoms with Crippen molar-refractivity contribution < 1.29 is 14.5 Å². The number of carbonyl (C=O) groups is 1. The van der Waals surface area contributed by atoms with Crippen LogP contribution in [0.3, 0.4) is 0 Å². The van der Waals surface area contributed by atoms with E-state index in [1.165, 1.54) is 12.1 Å². The molecule has 0 spiro atoms. The lowest BCUT2D eigenvalue weighted by Crippen LogP contribution is -2.02. The predicted molar refractivity (Wildman–Crippen MR) is 78.5 cm³/mol. The molecule has 5 heteroatoms. The molecular formula is C16H15NO4. The number of benzene rings is 2. The normalized spacial score (nSPS) is 10.1. The molecular weight excluding hydrogens is 270 g/mol. The third-order valence-electron chi connectivity index (χ3n) is 2.99. The van der Waals surface area contributed by atoms with Crippen LogP contribution in [-0.4, -0.2) is 17.8 Å². The Bertz CT molecular complexity index is 625. The maximum absolute atomic E-state index is 10.9. The molecule has 0 bridgehead atoms. The fraction of sp³-hybridized carbons (Fsp3) is 0.188. The second-order valence-electron chi connectivity index (χ2n) is 4.52. The predicted octanol–water partition coefficient (Wildman–Crippen LogP) is 3.15. The van der Waals surface area contributed by atoms with Gasteiger partial charge in [-0.1, -0.05) is 30.3 Å². The van der Waals surface area contributed by atoms with E-state index in [4.69, 9.17) is 4.74 Å². The Morgan fingerprint density at radius 2 is 1.90 bits per heavy atom. The van der Waals surface area contributed by atoms with Crippen LogP contribution >= 0.6 is 0 Å². The van der Waals surface area contributed by atoms with Gasteiger partial charge in [-0.2, -0.15) is 0 Å². The fourth-order valence-corrected chi connectivity index (χ4v) is 1.99. The van der Waals surface area contributed by atoms with Crippen molar-refractivity contribution >= 4 is 12.0 Å². The van der Waals surface area contributed by atoms with Gasteiger partial charge in [0.2, 0.25) is 0 Å². The highest BCUT2D eigenvalue weighted by molar-refractivity contribution is 5.50. The fourth-order valence-electron chi connectivity index (χ4n) is 1.99. The Kier molecular flexibility index (Phi) is 5.04. The Morgan fingerprint density at radius 1 is 1.14 bits per heavy atom. The van der Waals surface area contributed by atoms with Crippen LogP contribution in [0.15, 0.2) is 48.5 Å². The first-order valence-electron chi connectivity index (χ1n) is 6.58. The van der Waals surface area contributed by atoms with E-state index in [2.05, 4.69) is 0 Å². The number of ether oxygens (including phenoxy) is 1. The third-order valence-corrected chi connectivity index (χ3v) is 2.99. The quantitative estimate of drug-likeness (QED) is 0.339. The molecule has 108 valence electrons. The van der Waals surface area contributed by atoms with Crippen LogP contribution in [0.1, 0.15) is 17.5 Å². The topological polar surface area (TPSA) is 69.4 Å². The molecule has 0 aromatic heterocycles. The molecule has 0 amide bonds. The van der Waals surface area contributed by atoms with Gasteiger partial charge in [-0.25, -0.2) is 0 Å². The summed E-state index contributed by atoms with van der Waals surface area (Å²) in [6.07, 6.45) is 1.61. The highest BCUT2D eigenvalue weighted by Crippen LogP contribution is 2.26. The Balaban J connectivity index is 2.26. The van der Waals surface area contributed by atoms with Crippen LogP contribution in [0.4, 0.5) is 5.69 Å². The van der Waals surface area contributed by atoms with Crippen molar-refractivity contribution in [3.63, 3.8) is 0 Å². The summed E-state index contributed by atoms with van der Waals surface area (Å²) in [7, 11) is 0. The molecule has 2 aromatic carbocycles. The number of nitro groups is 1. The van der Waals surface area contributed by atoms with E-state index >= 15 is 0 Å². The number of carbonyl (C=O) groups excluding carboxylic acids is 1. The minimum Gasteiger partial charge on any atom is -0.493 e. The Morgan fingerprint density at radius 3 is 2.57 bits per heavy atom. The van der Waals surface area contributed by atoms with Gasteiger partial charge >= 0.3 is 0 Å². The zero-order valence-electron chi connectivity index (χ0n) is 11.4. The number of aldehydes is 1. The van der Waals surface area contributed by atoms with E-state index in [0.717, 1.165) is 17.4 Å². The highest BCUT2D eigenvalue weighted by Gasteiger charge is 2.12. The molecule has 0 aliphatic rings. The van der Waals surface area contributed by atoms with Crippen LogP contribution < -0.4 is 4.74 Å². The van der Waals surface area contributed by atoms with Gasteiger partial charge in [0.25, 0.3) is 5.69 Å². The van der Waals surface area contributed by atoms with Crippen molar-refractivity contribution in [2.24, 2.45) is 0 Å². The second-order valence-corrected chi connectivity index (χ2v) is 4.52. The van der Waals surface area contributed by atoms with Crippen LogP contribution in [0.25, 0.3) is 0 Å². The summed E-state index contributed by atoms with van der Waals surface area (Å²) in [5.41, 5.74) is 1.81. The zero-order valence-corrected chi connectivity index (χ0v) is 11.4. The van der Waals surface area contributed by atoms with Crippen LogP contribution in [0.2, 0.25) is 0 Å². The van der Waals surface area contributed by atoms with Crippen LogP contribution in [-0.2, 0) is 11.2 Å². The van der Waals surface area contributed by atoms with Gasteiger partial charge in [0.1, 0.15) is 12.0 Å². The Hall–Kier alpha value is -2.69. The zero-order chi connectivity index (χ0) is 15.1. The van der Waals surface area contributed by atoms with Crippen LogP contribution in [0, 0.1) is 10.1 Å². The summed E-state index contributed by atoms with van der Waals surface area (Å²) in [6.45, 7) is 0.267. The average Bonchev–Trinajstić information content (AvgIpc) is 2.50. The molecule has 0 aliphatic heterocycles. The number of hydrogen-bond donors (Lipinski definition) is 0. The number of nitro benzene ring substituents is 1. The van der Waals surface area contributed by atoms with Gasteiger partial charge in [-0.15, -0.1) is 0 Å². The van der Waals surface area contributed by atoms with Crippen molar-refractivity contribution in [3.8, 4) is 5.75 Å². The van der Waals surface area contributed by atoms with Gasteiger partial charge in [-0.05, 0) is 11.6 Å². The van der Waals surface area contributed by atoms with E-state index in [9.17, 15) is 14.9 Å². The molecule has 0 heterocycles. The average molecular weight is 285 g/mol. The summed E-state index contributed by atoms with van der Waals surface area (Å²) >= 11 is 0. The van der Waals surface area contributed by atoms with E-state index in [-0.39, 0.29) is 12.3 Å². The maximum Gasteiger partial charge on any atom is 0.269 e. The molecule has 0 aliphatic carbocycles. The number of non-ortho nitro benzene ring substituents is 1. The first-order valence-corrected chi connectivity index (χ1v) is 6.58. The smallest absolute Gasteiger partial charge is 0.269 e. The minimum atomic E-state index is -0.427. The molecule has 2 rings (SSSR count). The van der Waals surface area contributed by atoms with Gasteiger partial charge in [0.15, 0.2) is 0 Å². The minimum absolute atomic E-state index is 0.0312. The molecule has 0 unspecified atom stereocenters. The van der Waals surface area contributed by atoms with Crippen molar-refractivity contribution in [3.05, 3.63) is 69.8 Å². The molecule has 0 saturated carbocycles. The van der Waals surface area contributed by atoms with Crippen molar-refractivity contribution in [1.82, 2.24) is 0 Å². The molecule has 5 nitrogen and oxygen atoms in total. The summed E-state index contributed by atoms with van der Waals surface area (Å²) in [4.78, 5) is 20.8. The lowest BCUT2D eigenvalue weighted by Gasteiger charge is -2.10. The number of nitrogens with zero attached hydrogens (tertiary/aromatic N) is 1. The molecule has 0 radical (unpaired) electrons. The van der Waals surface area contributed by atoms with Gasteiger partial charge in [-0.3, -0.25) is 10.1 Å². The van der Waals surface area contributed by atoms with Gasteiger partial charge in [0.05, 0.1) is 11.5 Å². The molecule has 2 aromatic rings. The molecule has 0 fully saturated rings. The van der Waals surface area contributed by atoms with E-state index < -0.39 is 4.92 Å². The van der Waals surface area contributed by atoms with Gasteiger partial charge in [0, 0.05) is 30.5 Å². The van der Waals surface area contributed by atoms with E-state index in [1.807, 2.05) is 30.3 Å². The van der Waals surface area contributed by atoms with Crippen molar-refractivity contribution in [1.29, 1.82) is 0 Å². The van der Waals surface area contributed by atoms with Crippen molar-refractivity contribution in [2.45, 2.75) is 12.8 Å². The number of rotatable bonds is 7. The SMILES string of the molecule is O=CCCOc1ccc([N+](=O)[O-])cc1Cc1ccccc1. The standard InChI is InChI=1S/C16H15NO4/c18-9-4-10-21-16-8-7-15(17(19)20)12-14(16)11-13-5-2-1-3-6-13/h1-3,5-9,12H,4,10-11H2. The molecule has 21 heavy (non-hydrogen) atoms. The summed E-state index contributed by atoms with van der Waals surface area (Å²) in [5.74, 6) is 0.575. The van der Waals surface area contributed by atoms with E-state index in [1.54, 1.807) is 6.07 Å². The van der Waals surface area contributed by atoms with Gasteiger partial charge < -0.3 is 9.53 Å². The molecule has 0 saturated heterocycles. The summed E-state index contributed by atoms with van der Waals surface area (Å²) in [6, 6.07) is 14.2. The third kappa shape index (κ3) is 4.14. The summed E-state index contributed by atoms with van der Waals surface area (Å²) in [5, 5.41) is 10.9. The first-order chi connectivity index (χ1) is 10.2. The summed E-state index contributed by atoms with van der Waals surface area (Å²) < 4.78 is 5.53. The number of hydrogen-bond acceptors (Lipinski definition) is 4. The first kappa shape index (κ1) is 14.7.